The minimum absolute atomic E-state index is 0.264. The van der Waals surface area contributed by atoms with Gasteiger partial charge in [-0.3, -0.25) is 4.68 Å². The fourth-order valence-corrected chi connectivity index (χ4v) is 3.23. The molecular weight excluding hydrogens is 335 g/mol. The number of nitrogens with zero attached hydrogens (tertiary/aromatic N) is 2. The molecular formula is C16H20BrFN2O. The van der Waals surface area contributed by atoms with Gasteiger partial charge < -0.3 is 5.11 Å². The molecule has 0 spiro atoms. The fraction of sp³-hybridized carbons (Fsp3) is 0.438. The van der Waals surface area contributed by atoms with Gasteiger partial charge in [-0.15, -0.1) is 0 Å². The van der Waals surface area contributed by atoms with Gasteiger partial charge in [0.15, 0.2) is 0 Å². The minimum Gasteiger partial charge on any atom is -0.389 e. The molecule has 2 aromatic rings. The van der Waals surface area contributed by atoms with Crippen LogP contribution >= 0.6 is 15.9 Å². The molecule has 0 bridgehead atoms. The highest BCUT2D eigenvalue weighted by Crippen LogP contribution is 2.27. The van der Waals surface area contributed by atoms with Crippen molar-refractivity contribution < 1.29 is 9.50 Å². The van der Waals surface area contributed by atoms with Gasteiger partial charge in [-0.2, -0.15) is 5.10 Å². The summed E-state index contributed by atoms with van der Waals surface area (Å²) in [6.45, 7) is 3.84. The molecule has 1 unspecified atom stereocenters. The second kappa shape index (κ2) is 6.28. The molecule has 1 atom stereocenters. The zero-order chi connectivity index (χ0) is 15.6. The molecule has 0 radical (unpaired) electrons. The Hall–Kier alpha value is -1.20. The predicted octanol–water partition coefficient (Wildman–Crippen LogP) is 3.42. The summed E-state index contributed by atoms with van der Waals surface area (Å²) < 4.78 is 15.7. The molecule has 1 aromatic heterocycles. The van der Waals surface area contributed by atoms with Crippen LogP contribution in [0, 0.1) is 5.82 Å². The van der Waals surface area contributed by atoms with Gasteiger partial charge in [0.25, 0.3) is 0 Å². The zero-order valence-corrected chi connectivity index (χ0v) is 14.1. The third-order valence-corrected chi connectivity index (χ3v) is 4.46. The molecule has 0 saturated carbocycles. The van der Waals surface area contributed by atoms with Crippen LogP contribution < -0.4 is 0 Å². The lowest BCUT2D eigenvalue weighted by atomic mass is 9.91. The Kier molecular flexibility index (Phi) is 4.84. The van der Waals surface area contributed by atoms with E-state index in [1.165, 1.54) is 12.1 Å². The maximum atomic E-state index is 12.9. The standard InChI is InChI=1S/C16H20BrFN2O/c1-4-13-15(17)14(20(3)19-13)10-16(2,21)9-11-5-7-12(18)8-6-11/h5-8,21H,4,9-10H2,1-3H3. The normalized spacial score (nSPS) is 14.2. The van der Waals surface area contributed by atoms with E-state index in [0.29, 0.717) is 12.8 Å². The van der Waals surface area contributed by atoms with Gasteiger partial charge in [-0.05, 0) is 47.0 Å². The van der Waals surface area contributed by atoms with Gasteiger partial charge in [-0.1, -0.05) is 19.1 Å². The van der Waals surface area contributed by atoms with Crippen molar-refractivity contribution in [3.8, 4) is 0 Å². The molecule has 21 heavy (non-hydrogen) atoms. The summed E-state index contributed by atoms with van der Waals surface area (Å²) >= 11 is 3.57. The lowest BCUT2D eigenvalue weighted by Crippen LogP contribution is -2.31. The van der Waals surface area contributed by atoms with E-state index in [0.717, 1.165) is 27.8 Å². The van der Waals surface area contributed by atoms with E-state index < -0.39 is 5.60 Å². The Morgan fingerprint density at radius 2 is 1.90 bits per heavy atom. The summed E-state index contributed by atoms with van der Waals surface area (Å²) in [5, 5.41) is 15.1. The molecule has 114 valence electrons. The van der Waals surface area contributed by atoms with E-state index in [4.69, 9.17) is 0 Å². The van der Waals surface area contributed by atoms with Gasteiger partial charge >= 0.3 is 0 Å². The number of hydrogen-bond donors (Lipinski definition) is 1. The van der Waals surface area contributed by atoms with Crippen LogP contribution in [0.5, 0.6) is 0 Å². The van der Waals surface area contributed by atoms with Gasteiger partial charge in [0.2, 0.25) is 0 Å². The van der Waals surface area contributed by atoms with Crippen molar-refractivity contribution in [1.82, 2.24) is 9.78 Å². The smallest absolute Gasteiger partial charge is 0.123 e. The second-order valence-electron chi connectivity index (χ2n) is 5.66. The maximum absolute atomic E-state index is 12.9. The third-order valence-electron chi connectivity index (χ3n) is 3.55. The summed E-state index contributed by atoms with van der Waals surface area (Å²) in [6.07, 6.45) is 1.79. The number of aliphatic hydroxyl groups is 1. The number of aromatic nitrogens is 2. The lowest BCUT2D eigenvalue weighted by Gasteiger charge is -2.23. The summed E-state index contributed by atoms with van der Waals surface area (Å²) in [4.78, 5) is 0. The first-order valence-electron chi connectivity index (χ1n) is 6.99. The molecule has 3 nitrogen and oxygen atoms in total. The quantitative estimate of drug-likeness (QED) is 0.893. The number of rotatable bonds is 5. The highest BCUT2D eigenvalue weighted by atomic mass is 79.9. The van der Waals surface area contributed by atoms with E-state index in [1.807, 2.05) is 18.7 Å². The van der Waals surface area contributed by atoms with Crippen LogP contribution in [-0.4, -0.2) is 20.5 Å². The molecule has 0 saturated heterocycles. The van der Waals surface area contributed by atoms with Gasteiger partial charge in [0.1, 0.15) is 5.82 Å². The largest absolute Gasteiger partial charge is 0.389 e. The monoisotopic (exact) mass is 354 g/mol. The minimum atomic E-state index is -0.918. The van der Waals surface area contributed by atoms with Crippen molar-refractivity contribution in [2.45, 2.75) is 38.7 Å². The number of halogens is 2. The van der Waals surface area contributed by atoms with Crippen LogP contribution in [0.2, 0.25) is 0 Å². The number of aryl methyl sites for hydroxylation is 2. The molecule has 0 aliphatic rings. The van der Waals surface area contributed by atoms with Crippen LogP contribution in [0.3, 0.4) is 0 Å². The molecule has 1 N–H and O–H groups in total. The average molecular weight is 355 g/mol. The topological polar surface area (TPSA) is 38.0 Å². The van der Waals surface area contributed by atoms with Gasteiger partial charge in [-0.25, -0.2) is 4.39 Å². The average Bonchev–Trinajstić information content (AvgIpc) is 2.68. The van der Waals surface area contributed by atoms with Gasteiger partial charge in [0.05, 0.1) is 21.5 Å². The van der Waals surface area contributed by atoms with E-state index in [2.05, 4.69) is 21.0 Å². The number of hydrogen-bond acceptors (Lipinski definition) is 2. The summed E-state index contributed by atoms with van der Waals surface area (Å²) in [7, 11) is 1.88. The van der Waals surface area contributed by atoms with Crippen molar-refractivity contribution >= 4 is 15.9 Å². The highest BCUT2D eigenvalue weighted by molar-refractivity contribution is 9.10. The Morgan fingerprint density at radius 1 is 1.29 bits per heavy atom. The number of benzene rings is 1. The Balaban J connectivity index is 2.17. The Labute approximate surface area is 132 Å². The van der Waals surface area contributed by atoms with Crippen molar-refractivity contribution in [3.63, 3.8) is 0 Å². The molecule has 0 aliphatic heterocycles. The van der Waals surface area contributed by atoms with Gasteiger partial charge in [0, 0.05) is 19.9 Å². The first-order valence-corrected chi connectivity index (χ1v) is 7.79. The zero-order valence-electron chi connectivity index (χ0n) is 12.5. The highest BCUT2D eigenvalue weighted by Gasteiger charge is 2.26. The van der Waals surface area contributed by atoms with Crippen LogP contribution in [0.4, 0.5) is 4.39 Å². The van der Waals surface area contributed by atoms with E-state index >= 15 is 0 Å². The van der Waals surface area contributed by atoms with E-state index in [1.54, 1.807) is 19.1 Å². The van der Waals surface area contributed by atoms with E-state index in [-0.39, 0.29) is 5.82 Å². The van der Waals surface area contributed by atoms with Crippen LogP contribution in [-0.2, 0) is 26.3 Å². The second-order valence-corrected chi connectivity index (χ2v) is 6.45. The molecule has 5 heteroatoms. The molecule has 1 aromatic carbocycles. The molecule has 2 rings (SSSR count). The molecule has 1 heterocycles. The maximum Gasteiger partial charge on any atom is 0.123 e. The molecule has 0 fully saturated rings. The summed E-state index contributed by atoms with van der Waals surface area (Å²) in [5.41, 5.74) is 1.96. The Morgan fingerprint density at radius 3 is 2.43 bits per heavy atom. The van der Waals surface area contributed by atoms with Crippen LogP contribution in [0.25, 0.3) is 0 Å². The van der Waals surface area contributed by atoms with Crippen molar-refractivity contribution in [1.29, 1.82) is 0 Å². The fourth-order valence-electron chi connectivity index (χ4n) is 2.48. The van der Waals surface area contributed by atoms with E-state index in [9.17, 15) is 9.50 Å². The van der Waals surface area contributed by atoms with Crippen molar-refractivity contribution in [2.75, 3.05) is 0 Å². The SMILES string of the molecule is CCc1nn(C)c(CC(C)(O)Cc2ccc(F)cc2)c1Br. The Bertz CT molecular complexity index is 620. The first-order chi connectivity index (χ1) is 9.82. The summed E-state index contributed by atoms with van der Waals surface area (Å²) in [5.74, 6) is -0.264. The molecule has 0 amide bonds. The lowest BCUT2D eigenvalue weighted by molar-refractivity contribution is 0.0587. The first kappa shape index (κ1) is 16.2. The van der Waals surface area contributed by atoms with Crippen LogP contribution in [0.15, 0.2) is 28.7 Å². The van der Waals surface area contributed by atoms with Crippen molar-refractivity contribution in [3.05, 3.63) is 51.5 Å². The van der Waals surface area contributed by atoms with Crippen LogP contribution in [0.1, 0.15) is 30.8 Å². The third kappa shape index (κ3) is 3.92. The molecule has 0 aliphatic carbocycles. The van der Waals surface area contributed by atoms with Crippen molar-refractivity contribution in [2.24, 2.45) is 7.05 Å². The predicted molar refractivity (Wildman–Crippen MR) is 84.7 cm³/mol. The summed E-state index contributed by atoms with van der Waals surface area (Å²) in [6, 6.07) is 6.25.